The van der Waals surface area contributed by atoms with Crippen LogP contribution in [-0.4, -0.2) is 27.5 Å². The van der Waals surface area contributed by atoms with Crippen LogP contribution >= 0.6 is 11.6 Å². The summed E-state index contributed by atoms with van der Waals surface area (Å²) in [6.45, 7) is 3.07. The lowest BCUT2D eigenvalue weighted by molar-refractivity contribution is 0.143. The normalized spacial score (nSPS) is 14.3. The Labute approximate surface area is 118 Å². The summed E-state index contributed by atoms with van der Waals surface area (Å²) >= 11 is 5.85. The van der Waals surface area contributed by atoms with Crippen LogP contribution in [0, 0.1) is 0 Å². The number of nitrogens with one attached hydrogen (secondary N) is 1. The van der Waals surface area contributed by atoms with E-state index in [-0.39, 0.29) is 6.04 Å². The summed E-state index contributed by atoms with van der Waals surface area (Å²) in [7, 11) is 0. The van der Waals surface area contributed by atoms with Crippen molar-refractivity contribution in [3.63, 3.8) is 0 Å². The fraction of sp³-hybridized carbons (Fsp3) is 0.357. The fourth-order valence-corrected chi connectivity index (χ4v) is 2.00. The van der Waals surface area contributed by atoms with Gasteiger partial charge in [0.15, 0.2) is 0 Å². The molecule has 4 nitrogen and oxygen atoms in total. The van der Waals surface area contributed by atoms with Crippen LogP contribution in [-0.2, 0) is 6.54 Å². The van der Waals surface area contributed by atoms with Crippen molar-refractivity contribution in [3.8, 4) is 0 Å². The monoisotopic (exact) mass is 279 g/mol. The molecule has 2 rings (SSSR count). The van der Waals surface area contributed by atoms with Gasteiger partial charge in [-0.2, -0.15) is 5.10 Å². The molecule has 0 radical (unpaired) electrons. The van der Waals surface area contributed by atoms with Crippen LogP contribution in [0.1, 0.15) is 18.5 Å². The fourth-order valence-electron chi connectivity index (χ4n) is 1.87. The Morgan fingerprint density at radius 1 is 1.37 bits per heavy atom. The average molecular weight is 280 g/mol. The molecule has 0 bridgehead atoms. The van der Waals surface area contributed by atoms with E-state index >= 15 is 0 Å². The largest absolute Gasteiger partial charge is 0.390 e. The second kappa shape index (κ2) is 6.70. The highest BCUT2D eigenvalue weighted by Crippen LogP contribution is 2.15. The summed E-state index contributed by atoms with van der Waals surface area (Å²) in [6.07, 6.45) is 3.08. The topological polar surface area (TPSA) is 50.1 Å². The SMILES string of the molecule is C[C@H](NCC(O)Cn1cccn1)c1ccc(Cl)cc1. The third-order valence-corrected chi connectivity index (χ3v) is 3.24. The molecule has 102 valence electrons. The van der Waals surface area contributed by atoms with Gasteiger partial charge in [-0.15, -0.1) is 0 Å². The molecule has 5 heteroatoms. The molecule has 1 unspecified atom stereocenters. The van der Waals surface area contributed by atoms with Gasteiger partial charge in [0.2, 0.25) is 0 Å². The Hall–Kier alpha value is -1.36. The molecule has 0 fully saturated rings. The molecule has 0 aliphatic heterocycles. The number of hydrogen-bond acceptors (Lipinski definition) is 3. The molecule has 2 atom stereocenters. The molecule has 2 aromatic rings. The number of aliphatic hydroxyl groups excluding tert-OH is 1. The van der Waals surface area contributed by atoms with Crippen LogP contribution in [0.2, 0.25) is 5.02 Å². The number of aliphatic hydroxyl groups is 1. The van der Waals surface area contributed by atoms with Gasteiger partial charge in [0.05, 0.1) is 12.6 Å². The molecule has 0 spiro atoms. The quantitative estimate of drug-likeness (QED) is 0.853. The van der Waals surface area contributed by atoms with Crippen molar-refractivity contribution in [2.75, 3.05) is 6.54 Å². The predicted molar refractivity (Wildman–Crippen MR) is 76.1 cm³/mol. The van der Waals surface area contributed by atoms with E-state index in [4.69, 9.17) is 11.6 Å². The highest BCUT2D eigenvalue weighted by molar-refractivity contribution is 6.30. The predicted octanol–water partition coefficient (Wildman–Crippen LogP) is 2.25. The lowest BCUT2D eigenvalue weighted by Gasteiger charge is -2.17. The highest BCUT2D eigenvalue weighted by atomic mass is 35.5. The molecule has 0 amide bonds. The molecule has 2 N–H and O–H groups in total. The van der Waals surface area contributed by atoms with Gasteiger partial charge in [0.1, 0.15) is 0 Å². The van der Waals surface area contributed by atoms with Gasteiger partial charge in [-0.1, -0.05) is 23.7 Å². The first-order chi connectivity index (χ1) is 9.15. The molecule has 19 heavy (non-hydrogen) atoms. The van der Waals surface area contributed by atoms with Crippen molar-refractivity contribution < 1.29 is 5.11 Å². The zero-order valence-electron chi connectivity index (χ0n) is 10.8. The van der Waals surface area contributed by atoms with E-state index in [0.29, 0.717) is 13.1 Å². The molecule has 0 saturated carbocycles. The van der Waals surface area contributed by atoms with Crippen LogP contribution < -0.4 is 5.32 Å². The van der Waals surface area contributed by atoms with E-state index in [1.165, 1.54) is 0 Å². The van der Waals surface area contributed by atoms with Crippen molar-refractivity contribution in [2.45, 2.75) is 25.6 Å². The van der Waals surface area contributed by atoms with Crippen LogP contribution in [0.4, 0.5) is 0 Å². The third kappa shape index (κ3) is 4.35. The minimum atomic E-state index is -0.463. The standard InChI is InChI=1S/C14H18ClN3O/c1-11(12-3-5-13(15)6-4-12)16-9-14(19)10-18-8-2-7-17-18/h2-8,11,14,16,19H,9-10H2,1H3/t11-,14?/m0/s1. The minimum Gasteiger partial charge on any atom is -0.390 e. The van der Waals surface area contributed by atoms with E-state index in [9.17, 15) is 5.11 Å². The Morgan fingerprint density at radius 3 is 2.74 bits per heavy atom. The number of nitrogens with zero attached hydrogens (tertiary/aromatic N) is 2. The van der Waals surface area contributed by atoms with Crippen molar-refractivity contribution >= 4 is 11.6 Å². The minimum absolute atomic E-state index is 0.171. The van der Waals surface area contributed by atoms with Gasteiger partial charge in [-0.25, -0.2) is 0 Å². The number of rotatable bonds is 6. The van der Waals surface area contributed by atoms with E-state index in [2.05, 4.69) is 17.3 Å². The molecule has 1 aromatic carbocycles. The van der Waals surface area contributed by atoms with Gasteiger partial charge in [-0.05, 0) is 30.7 Å². The lowest BCUT2D eigenvalue weighted by atomic mass is 10.1. The lowest BCUT2D eigenvalue weighted by Crippen LogP contribution is -2.32. The maximum absolute atomic E-state index is 9.92. The van der Waals surface area contributed by atoms with Crippen LogP contribution in [0.5, 0.6) is 0 Å². The summed E-state index contributed by atoms with van der Waals surface area (Å²) in [5, 5.41) is 18.0. The van der Waals surface area contributed by atoms with E-state index in [0.717, 1.165) is 10.6 Å². The summed E-state index contributed by atoms with van der Waals surface area (Å²) in [5.41, 5.74) is 1.15. The Kier molecular flexibility index (Phi) is 4.96. The van der Waals surface area contributed by atoms with Gasteiger partial charge in [-0.3, -0.25) is 4.68 Å². The first kappa shape index (κ1) is 14.1. The molecule has 1 heterocycles. The number of aromatic nitrogens is 2. The Bertz CT molecular complexity index is 484. The summed E-state index contributed by atoms with van der Waals surface area (Å²) in [6, 6.07) is 9.73. The first-order valence-electron chi connectivity index (χ1n) is 6.29. The number of benzene rings is 1. The van der Waals surface area contributed by atoms with Gasteiger partial charge in [0.25, 0.3) is 0 Å². The van der Waals surface area contributed by atoms with E-state index < -0.39 is 6.10 Å². The summed E-state index contributed by atoms with van der Waals surface area (Å²) in [4.78, 5) is 0. The summed E-state index contributed by atoms with van der Waals surface area (Å²) in [5.74, 6) is 0. The van der Waals surface area contributed by atoms with Crippen LogP contribution in [0.25, 0.3) is 0 Å². The van der Waals surface area contributed by atoms with E-state index in [1.807, 2.05) is 36.5 Å². The second-order valence-corrected chi connectivity index (χ2v) is 5.00. The number of hydrogen-bond donors (Lipinski definition) is 2. The van der Waals surface area contributed by atoms with E-state index in [1.54, 1.807) is 10.9 Å². The highest BCUT2D eigenvalue weighted by Gasteiger charge is 2.09. The van der Waals surface area contributed by atoms with Crippen molar-refractivity contribution in [1.29, 1.82) is 0 Å². The zero-order valence-corrected chi connectivity index (χ0v) is 11.6. The van der Waals surface area contributed by atoms with Crippen molar-refractivity contribution in [2.24, 2.45) is 0 Å². The maximum Gasteiger partial charge on any atom is 0.0860 e. The molecule has 0 saturated heterocycles. The molecule has 1 aromatic heterocycles. The van der Waals surface area contributed by atoms with Crippen LogP contribution in [0.15, 0.2) is 42.7 Å². The maximum atomic E-state index is 9.92. The Morgan fingerprint density at radius 2 is 2.11 bits per heavy atom. The zero-order chi connectivity index (χ0) is 13.7. The van der Waals surface area contributed by atoms with Gasteiger partial charge < -0.3 is 10.4 Å². The third-order valence-electron chi connectivity index (χ3n) is 2.99. The van der Waals surface area contributed by atoms with Gasteiger partial charge in [0, 0.05) is 30.0 Å². The molecule has 0 aliphatic carbocycles. The molecular formula is C14H18ClN3O. The second-order valence-electron chi connectivity index (χ2n) is 4.56. The average Bonchev–Trinajstić information content (AvgIpc) is 2.89. The summed E-state index contributed by atoms with van der Waals surface area (Å²) < 4.78 is 1.72. The van der Waals surface area contributed by atoms with Crippen molar-refractivity contribution in [3.05, 3.63) is 53.3 Å². The smallest absolute Gasteiger partial charge is 0.0860 e. The Balaban J connectivity index is 1.79. The first-order valence-corrected chi connectivity index (χ1v) is 6.67. The number of halogens is 1. The van der Waals surface area contributed by atoms with Crippen LogP contribution in [0.3, 0.4) is 0 Å². The van der Waals surface area contributed by atoms with Crippen molar-refractivity contribution in [1.82, 2.24) is 15.1 Å². The van der Waals surface area contributed by atoms with Gasteiger partial charge >= 0.3 is 0 Å². The molecule has 0 aliphatic rings. The molecular weight excluding hydrogens is 262 g/mol.